The van der Waals surface area contributed by atoms with Crippen LogP contribution in [-0.2, 0) is 4.79 Å². The molecule has 1 amide bonds. The van der Waals surface area contributed by atoms with E-state index < -0.39 is 0 Å². The van der Waals surface area contributed by atoms with E-state index >= 15 is 0 Å². The molecule has 0 aliphatic carbocycles. The highest BCUT2D eigenvalue weighted by Crippen LogP contribution is 2.37. The molecule has 1 atom stereocenters. The Kier molecular flexibility index (Phi) is 5.63. The van der Waals surface area contributed by atoms with Gasteiger partial charge in [-0.05, 0) is 30.5 Å². The van der Waals surface area contributed by atoms with Gasteiger partial charge in [0.25, 0.3) is 0 Å². The minimum atomic E-state index is -0.205. The number of fused-ring (bicyclic) bond motifs is 1. The van der Waals surface area contributed by atoms with Crippen molar-refractivity contribution in [3.05, 3.63) is 48.0 Å². The summed E-state index contributed by atoms with van der Waals surface area (Å²) in [7, 11) is 0. The van der Waals surface area contributed by atoms with Gasteiger partial charge in [-0.25, -0.2) is 14.4 Å². The van der Waals surface area contributed by atoms with E-state index in [1.165, 1.54) is 17.8 Å². The van der Waals surface area contributed by atoms with Crippen LogP contribution in [0.3, 0.4) is 0 Å². The number of amides is 1. The van der Waals surface area contributed by atoms with Gasteiger partial charge in [-0.1, -0.05) is 12.1 Å². The number of carbonyl (C=O) groups excluding carboxylic acids is 1. The standard InChI is InChI=1S/C17H19FN4OS/c18-13-5-1-4-12-14(7-11-24-16(12)13)22-15(23)6-2-8-19-17-20-9-3-10-21-17/h1,3-5,9-10,14H,2,6-8,11H2,(H,22,23)(H,19,20,21)/t14-/m0/s1. The van der Waals surface area contributed by atoms with Crippen LogP contribution in [0.5, 0.6) is 0 Å². The summed E-state index contributed by atoms with van der Waals surface area (Å²) < 4.78 is 13.8. The van der Waals surface area contributed by atoms with Crippen LogP contribution < -0.4 is 10.6 Å². The minimum Gasteiger partial charge on any atom is -0.354 e. The van der Waals surface area contributed by atoms with Gasteiger partial charge in [0.1, 0.15) is 5.82 Å². The molecule has 24 heavy (non-hydrogen) atoms. The van der Waals surface area contributed by atoms with E-state index in [9.17, 15) is 9.18 Å². The van der Waals surface area contributed by atoms with Crippen LogP contribution in [0.15, 0.2) is 41.6 Å². The fourth-order valence-corrected chi connectivity index (χ4v) is 3.78. The number of benzene rings is 1. The molecule has 0 saturated heterocycles. The molecular formula is C17H19FN4OS. The van der Waals surface area contributed by atoms with Crippen LogP contribution >= 0.6 is 11.8 Å². The Morgan fingerprint density at radius 2 is 2.12 bits per heavy atom. The Bertz CT molecular complexity index is 698. The van der Waals surface area contributed by atoms with Crippen molar-refractivity contribution in [2.75, 3.05) is 17.6 Å². The Balaban J connectivity index is 1.47. The Morgan fingerprint density at radius 3 is 2.96 bits per heavy atom. The first-order valence-electron chi connectivity index (χ1n) is 7.95. The van der Waals surface area contributed by atoms with Crippen LogP contribution in [0, 0.1) is 5.82 Å². The molecule has 1 aliphatic rings. The second-order valence-corrected chi connectivity index (χ2v) is 6.62. The van der Waals surface area contributed by atoms with Gasteiger partial charge in [-0.15, -0.1) is 11.8 Å². The average molecular weight is 346 g/mol. The van der Waals surface area contributed by atoms with E-state index in [4.69, 9.17) is 0 Å². The molecule has 0 unspecified atom stereocenters. The Morgan fingerprint density at radius 1 is 1.29 bits per heavy atom. The molecule has 1 aliphatic heterocycles. The molecule has 5 nitrogen and oxygen atoms in total. The summed E-state index contributed by atoms with van der Waals surface area (Å²) in [5.74, 6) is 1.15. The van der Waals surface area contributed by atoms with Gasteiger partial charge in [-0.2, -0.15) is 0 Å². The van der Waals surface area contributed by atoms with E-state index in [1.807, 2.05) is 6.07 Å². The van der Waals surface area contributed by atoms with Gasteiger partial charge < -0.3 is 10.6 Å². The summed E-state index contributed by atoms with van der Waals surface area (Å²) in [5, 5.41) is 6.09. The van der Waals surface area contributed by atoms with Crippen molar-refractivity contribution in [2.24, 2.45) is 0 Å². The maximum Gasteiger partial charge on any atom is 0.222 e. The summed E-state index contributed by atoms with van der Waals surface area (Å²) in [6, 6.07) is 6.71. The highest BCUT2D eigenvalue weighted by Gasteiger charge is 2.24. The first kappa shape index (κ1) is 16.7. The molecule has 2 heterocycles. The molecule has 126 valence electrons. The molecule has 0 radical (unpaired) electrons. The summed E-state index contributed by atoms with van der Waals surface area (Å²) in [6.07, 6.45) is 5.25. The Hall–Kier alpha value is -2.15. The van der Waals surface area contributed by atoms with Crippen LogP contribution in [0.25, 0.3) is 0 Å². The molecule has 1 aromatic carbocycles. The third-order valence-corrected chi connectivity index (χ3v) is 4.95. The molecule has 0 spiro atoms. The molecule has 7 heteroatoms. The quantitative estimate of drug-likeness (QED) is 0.787. The lowest BCUT2D eigenvalue weighted by Crippen LogP contribution is -2.31. The molecule has 3 rings (SSSR count). The van der Waals surface area contributed by atoms with Gasteiger partial charge in [0, 0.05) is 36.0 Å². The molecule has 1 aromatic heterocycles. The Labute approximate surface area is 144 Å². The lowest BCUT2D eigenvalue weighted by atomic mass is 10.0. The van der Waals surface area contributed by atoms with Gasteiger partial charge in [0.2, 0.25) is 11.9 Å². The van der Waals surface area contributed by atoms with E-state index in [1.54, 1.807) is 24.5 Å². The summed E-state index contributed by atoms with van der Waals surface area (Å²) >= 11 is 1.52. The van der Waals surface area contributed by atoms with Crippen molar-refractivity contribution in [3.8, 4) is 0 Å². The first-order chi connectivity index (χ1) is 11.7. The van der Waals surface area contributed by atoms with Crippen LogP contribution in [0.1, 0.15) is 30.9 Å². The number of hydrogen-bond donors (Lipinski definition) is 2. The number of thioether (sulfide) groups is 1. The fraction of sp³-hybridized carbons (Fsp3) is 0.353. The van der Waals surface area contributed by atoms with Crippen LogP contribution in [0.4, 0.5) is 10.3 Å². The number of anilines is 1. The topological polar surface area (TPSA) is 66.9 Å². The summed E-state index contributed by atoms with van der Waals surface area (Å²) in [4.78, 5) is 20.9. The molecule has 2 aromatic rings. The smallest absolute Gasteiger partial charge is 0.222 e. The number of aromatic nitrogens is 2. The maximum atomic E-state index is 13.8. The van der Waals surface area contributed by atoms with Crippen molar-refractivity contribution in [1.82, 2.24) is 15.3 Å². The summed E-state index contributed by atoms with van der Waals surface area (Å²) in [5.41, 5.74) is 0.885. The first-order valence-corrected chi connectivity index (χ1v) is 8.94. The normalized spacial score (nSPS) is 16.3. The third-order valence-electron chi connectivity index (χ3n) is 3.79. The summed E-state index contributed by atoms with van der Waals surface area (Å²) in [6.45, 7) is 0.628. The van der Waals surface area contributed by atoms with Gasteiger partial charge in [-0.3, -0.25) is 4.79 Å². The third kappa shape index (κ3) is 4.23. The number of carbonyl (C=O) groups is 1. The largest absolute Gasteiger partial charge is 0.354 e. The van der Waals surface area contributed by atoms with Crippen molar-refractivity contribution in [1.29, 1.82) is 0 Å². The number of halogens is 1. The SMILES string of the molecule is O=C(CCCNc1ncccn1)N[C@H]1CCSc2c(F)cccc21. The second-order valence-electron chi connectivity index (χ2n) is 5.52. The average Bonchev–Trinajstić information content (AvgIpc) is 2.61. The van der Waals surface area contributed by atoms with Crippen molar-refractivity contribution < 1.29 is 9.18 Å². The zero-order valence-corrected chi connectivity index (χ0v) is 14.0. The minimum absolute atomic E-state index is 0.0158. The van der Waals surface area contributed by atoms with E-state index in [2.05, 4.69) is 20.6 Å². The van der Waals surface area contributed by atoms with Gasteiger partial charge in [0.15, 0.2) is 0 Å². The molecule has 2 N–H and O–H groups in total. The molecule has 0 bridgehead atoms. The lowest BCUT2D eigenvalue weighted by Gasteiger charge is -2.26. The fourth-order valence-electron chi connectivity index (χ4n) is 2.64. The lowest BCUT2D eigenvalue weighted by molar-refractivity contribution is -0.121. The van der Waals surface area contributed by atoms with E-state index in [0.717, 1.165) is 17.7 Å². The zero-order chi connectivity index (χ0) is 16.8. The van der Waals surface area contributed by atoms with Gasteiger partial charge in [0.05, 0.1) is 6.04 Å². The van der Waals surface area contributed by atoms with Gasteiger partial charge >= 0.3 is 0 Å². The van der Waals surface area contributed by atoms with Crippen molar-refractivity contribution in [3.63, 3.8) is 0 Å². The predicted molar refractivity (Wildman–Crippen MR) is 92.4 cm³/mol. The van der Waals surface area contributed by atoms with Crippen LogP contribution in [0.2, 0.25) is 0 Å². The zero-order valence-electron chi connectivity index (χ0n) is 13.2. The predicted octanol–water partition coefficient (Wildman–Crippen LogP) is 3.16. The number of rotatable bonds is 6. The molecule has 0 saturated carbocycles. The van der Waals surface area contributed by atoms with Crippen LogP contribution in [-0.4, -0.2) is 28.2 Å². The molecule has 0 fully saturated rings. The number of nitrogens with zero attached hydrogens (tertiary/aromatic N) is 2. The highest BCUT2D eigenvalue weighted by atomic mass is 32.2. The number of hydrogen-bond acceptors (Lipinski definition) is 5. The second kappa shape index (κ2) is 8.10. The van der Waals surface area contributed by atoms with E-state index in [-0.39, 0.29) is 17.8 Å². The maximum absolute atomic E-state index is 13.8. The highest BCUT2D eigenvalue weighted by molar-refractivity contribution is 7.99. The van der Waals surface area contributed by atoms with Crippen molar-refractivity contribution >= 4 is 23.6 Å². The number of nitrogens with one attached hydrogen (secondary N) is 2. The molecular weight excluding hydrogens is 327 g/mol. The van der Waals surface area contributed by atoms with Crippen molar-refractivity contribution in [2.45, 2.75) is 30.2 Å². The van der Waals surface area contributed by atoms with E-state index in [0.29, 0.717) is 30.2 Å². The monoisotopic (exact) mass is 346 g/mol.